The molecule has 0 aliphatic carbocycles. The highest BCUT2D eigenvalue weighted by atomic mass is 35.5. The van der Waals surface area contributed by atoms with Crippen LogP contribution in [0.2, 0.25) is 5.02 Å². The number of halogens is 1. The lowest BCUT2D eigenvalue weighted by atomic mass is 9.98. The number of fused-ring (bicyclic) bond motifs is 1. The zero-order valence-corrected chi connectivity index (χ0v) is 21.9. The molecular formula is C25H28ClN3O4S2. The fourth-order valence-electron chi connectivity index (χ4n) is 4.73. The lowest BCUT2D eigenvalue weighted by molar-refractivity contribution is -0.123. The molecule has 2 saturated heterocycles. The monoisotopic (exact) mass is 533 g/mol. The number of hydrogen-bond acceptors (Lipinski definition) is 6. The first-order valence-electron chi connectivity index (χ1n) is 11.9. The van der Waals surface area contributed by atoms with Crippen molar-refractivity contribution >= 4 is 54.2 Å². The minimum Gasteiger partial charge on any atom is -0.376 e. The quantitative estimate of drug-likeness (QED) is 0.451. The molecule has 2 atom stereocenters. The van der Waals surface area contributed by atoms with Gasteiger partial charge in [0.25, 0.3) is 0 Å². The van der Waals surface area contributed by atoms with E-state index in [1.807, 2.05) is 19.1 Å². The molecule has 3 heterocycles. The van der Waals surface area contributed by atoms with Crippen molar-refractivity contribution in [1.29, 1.82) is 0 Å². The van der Waals surface area contributed by atoms with Crippen molar-refractivity contribution in [3.8, 4) is 0 Å². The first-order chi connectivity index (χ1) is 16.8. The third-order valence-electron chi connectivity index (χ3n) is 6.62. The SMILES string of the molecule is Cc1ccc2nc(N(CC3CCCO3)C(=O)C3CCCN(S(=O)(=O)c4ccc(Cl)cc4)C3)sc2c1. The number of sulfonamides is 1. The average molecular weight is 534 g/mol. The second-order valence-corrected chi connectivity index (χ2v) is 12.6. The predicted molar refractivity (Wildman–Crippen MR) is 139 cm³/mol. The van der Waals surface area contributed by atoms with E-state index in [-0.39, 0.29) is 23.5 Å². The van der Waals surface area contributed by atoms with Gasteiger partial charge in [-0.25, -0.2) is 13.4 Å². The number of thiazole rings is 1. The first-order valence-corrected chi connectivity index (χ1v) is 14.5. The van der Waals surface area contributed by atoms with Gasteiger partial charge in [-0.1, -0.05) is 29.0 Å². The van der Waals surface area contributed by atoms with Crippen LogP contribution in [0.15, 0.2) is 47.4 Å². The molecule has 5 rings (SSSR count). The molecule has 0 radical (unpaired) electrons. The highest BCUT2D eigenvalue weighted by Gasteiger charge is 2.37. The Hall–Kier alpha value is -2.04. The summed E-state index contributed by atoms with van der Waals surface area (Å²) in [5, 5.41) is 1.12. The fraction of sp³-hybridized carbons (Fsp3) is 0.440. The van der Waals surface area contributed by atoms with Crippen LogP contribution in [0, 0.1) is 12.8 Å². The van der Waals surface area contributed by atoms with Crippen molar-refractivity contribution in [3.05, 3.63) is 53.1 Å². The molecule has 186 valence electrons. The van der Waals surface area contributed by atoms with Gasteiger partial charge in [0.1, 0.15) is 0 Å². The Morgan fingerprint density at radius 2 is 2.00 bits per heavy atom. The molecule has 0 spiro atoms. The van der Waals surface area contributed by atoms with E-state index < -0.39 is 15.9 Å². The number of piperidine rings is 1. The van der Waals surface area contributed by atoms with Gasteiger partial charge in [-0.2, -0.15) is 4.31 Å². The van der Waals surface area contributed by atoms with E-state index in [0.717, 1.165) is 28.6 Å². The molecular weight excluding hydrogens is 506 g/mol. The second-order valence-electron chi connectivity index (χ2n) is 9.21. The number of carbonyl (C=O) groups excluding carboxylic acids is 1. The zero-order valence-electron chi connectivity index (χ0n) is 19.5. The van der Waals surface area contributed by atoms with Crippen LogP contribution in [-0.2, 0) is 19.6 Å². The summed E-state index contributed by atoms with van der Waals surface area (Å²) >= 11 is 7.43. The summed E-state index contributed by atoms with van der Waals surface area (Å²) in [5.74, 6) is -0.534. The molecule has 2 fully saturated rings. The smallest absolute Gasteiger partial charge is 0.243 e. The van der Waals surface area contributed by atoms with Crippen LogP contribution in [-0.4, -0.2) is 56.0 Å². The average Bonchev–Trinajstić information content (AvgIpc) is 3.52. The summed E-state index contributed by atoms with van der Waals surface area (Å²) < 4.78 is 34.8. The molecule has 2 aliphatic rings. The summed E-state index contributed by atoms with van der Waals surface area (Å²) in [7, 11) is -3.72. The second kappa shape index (κ2) is 10.1. The number of carbonyl (C=O) groups is 1. The lowest BCUT2D eigenvalue weighted by Gasteiger charge is -2.34. The summed E-state index contributed by atoms with van der Waals surface area (Å²) in [5.41, 5.74) is 2.00. The largest absolute Gasteiger partial charge is 0.376 e. The van der Waals surface area contributed by atoms with Crippen LogP contribution < -0.4 is 4.90 Å². The molecule has 2 aromatic carbocycles. The molecule has 0 saturated carbocycles. The van der Waals surface area contributed by atoms with Crippen molar-refractivity contribution in [3.63, 3.8) is 0 Å². The van der Waals surface area contributed by atoms with E-state index in [1.165, 1.54) is 27.8 Å². The number of aryl methyl sites for hydroxylation is 1. The number of rotatable bonds is 6. The summed E-state index contributed by atoms with van der Waals surface area (Å²) in [4.78, 5) is 20.6. The molecule has 1 aromatic heterocycles. The van der Waals surface area contributed by atoms with Crippen LogP contribution in [0.4, 0.5) is 5.13 Å². The topological polar surface area (TPSA) is 79.8 Å². The van der Waals surface area contributed by atoms with Gasteiger partial charge >= 0.3 is 0 Å². The van der Waals surface area contributed by atoms with Gasteiger partial charge < -0.3 is 4.74 Å². The first kappa shape index (κ1) is 24.6. The van der Waals surface area contributed by atoms with Crippen LogP contribution in [0.3, 0.4) is 0 Å². The van der Waals surface area contributed by atoms with Crippen LogP contribution >= 0.6 is 22.9 Å². The number of hydrogen-bond donors (Lipinski definition) is 0. The standard InChI is InChI=1S/C25H28ClN3O4S2/c1-17-6-11-22-23(14-17)34-25(27-22)29(16-20-5-3-13-33-20)24(30)18-4-2-12-28(15-18)35(31,32)21-9-7-19(26)8-10-21/h6-11,14,18,20H,2-5,12-13,15-16H2,1H3. The number of aromatic nitrogens is 1. The third kappa shape index (κ3) is 5.24. The molecule has 2 aliphatic heterocycles. The Bertz CT molecular complexity index is 1320. The lowest BCUT2D eigenvalue weighted by Crippen LogP contribution is -2.48. The van der Waals surface area contributed by atoms with Gasteiger partial charge in [0.05, 0.1) is 33.7 Å². The van der Waals surface area contributed by atoms with Crippen LogP contribution in [0.25, 0.3) is 10.2 Å². The number of benzene rings is 2. The van der Waals surface area contributed by atoms with E-state index in [2.05, 4.69) is 6.07 Å². The van der Waals surface area contributed by atoms with Crippen molar-refractivity contribution in [2.24, 2.45) is 5.92 Å². The minimum atomic E-state index is -3.72. The summed E-state index contributed by atoms with van der Waals surface area (Å²) in [6.07, 6.45) is 3.09. The number of ether oxygens (including phenoxy) is 1. The molecule has 35 heavy (non-hydrogen) atoms. The van der Waals surface area contributed by atoms with Gasteiger partial charge in [0.15, 0.2) is 5.13 Å². The fourth-order valence-corrected chi connectivity index (χ4v) is 7.46. The Kier molecular flexibility index (Phi) is 7.14. The number of nitrogens with zero attached hydrogens (tertiary/aromatic N) is 3. The van der Waals surface area contributed by atoms with Crippen LogP contribution in [0.1, 0.15) is 31.2 Å². The maximum atomic E-state index is 13.9. The van der Waals surface area contributed by atoms with E-state index in [4.69, 9.17) is 21.3 Å². The van der Waals surface area contributed by atoms with Crippen molar-refractivity contribution in [2.45, 2.75) is 43.6 Å². The van der Waals surface area contributed by atoms with Gasteiger partial charge in [-0.15, -0.1) is 0 Å². The van der Waals surface area contributed by atoms with Crippen molar-refractivity contribution in [2.75, 3.05) is 31.1 Å². The molecule has 0 N–H and O–H groups in total. The highest BCUT2D eigenvalue weighted by molar-refractivity contribution is 7.89. The van der Waals surface area contributed by atoms with Gasteiger partial charge in [0.2, 0.25) is 15.9 Å². The van der Waals surface area contributed by atoms with E-state index in [9.17, 15) is 13.2 Å². The van der Waals surface area contributed by atoms with Crippen molar-refractivity contribution in [1.82, 2.24) is 9.29 Å². The zero-order chi connectivity index (χ0) is 24.6. The number of amides is 1. The number of anilines is 1. The van der Waals surface area contributed by atoms with Crippen LogP contribution in [0.5, 0.6) is 0 Å². The minimum absolute atomic E-state index is 0.0369. The van der Waals surface area contributed by atoms with E-state index >= 15 is 0 Å². The van der Waals surface area contributed by atoms with E-state index in [1.54, 1.807) is 17.0 Å². The molecule has 2 unspecified atom stereocenters. The Morgan fingerprint density at radius 1 is 1.20 bits per heavy atom. The van der Waals surface area contributed by atoms with Crippen molar-refractivity contribution < 1.29 is 17.9 Å². The Balaban J connectivity index is 1.41. The van der Waals surface area contributed by atoms with Gasteiger partial charge in [-0.3, -0.25) is 9.69 Å². The molecule has 1 amide bonds. The third-order valence-corrected chi connectivity index (χ3v) is 9.80. The summed E-state index contributed by atoms with van der Waals surface area (Å²) in [6, 6.07) is 12.2. The Morgan fingerprint density at radius 3 is 2.74 bits per heavy atom. The molecule has 10 heteroatoms. The highest BCUT2D eigenvalue weighted by Crippen LogP contribution is 2.33. The van der Waals surface area contributed by atoms with E-state index in [0.29, 0.717) is 42.7 Å². The van der Waals surface area contributed by atoms with Gasteiger partial charge in [0, 0.05) is 24.7 Å². The molecule has 7 nitrogen and oxygen atoms in total. The molecule has 3 aromatic rings. The Labute approximate surface area is 214 Å². The molecule has 0 bridgehead atoms. The maximum Gasteiger partial charge on any atom is 0.243 e. The normalized spacial score (nSPS) is 21.4. The predicted octanol–water partition coefficient (Wildman–Crippen LogP) is 4.87. The van der Waals surface area contributed by atoms with Gasteiger partial charge in [-0.05, 0) is 74.6 Å². The summed E-state index contributed by atoms with van der Waals surface area (Å²) in [6.45, 7) is 3.70. The maximum absolute atomic E-state index is 13.9.